The van der Waals surface area contributed by atoms with Crippen LogP contribution in [0.15, 0.2) is 10.6 Å². The standard InChI is InChI=1S/C7H10N2O2/c1-5-4-6(8-11-5)7(10)9(2)3/h4H,1-3H3. The van der Waals surface area contributed by atoms with Crippen molar-refractivity contribution >= 4 is 5.91 Å². The highest BCUT2D eigenvalue weighted by Crippen LogP contribution is 2.02. The van der Waals surface area contributed by atoms with Gasteiger partial charge in [0.25, 0.3) is 5.91 Å². The zero-order valence-electron chi connectivity index (χ0n) is 6.79. The number of aryl methyl sites for hydroxylation is 1. The Bertz CT molecular complexity index is 265. The molecule has 11 heavy (non-hydrogen) atoms. The minimum atomic E-state index is -0.137. The Labute approximate surface area is 64.8 Å². The predicted octanol–water partition coefficient (Wildman–Crippen LogP) is 0.685. The quantitative estimate of drug-likeness (QED) is 0.597. The Kier molecular flexibility index (Phi) is 1.94. The van der Waals surface area contributed by atoms with Crippen LogP contribution >= 0.6 is 0 Å². The first-order valence-electron chi connectivity index (χ1n) is 3.26. The molecule has 60 valence electrons. The smallest absolute Gasteiger partial charge is 0.275 e. The first kappa shape index (κ1) is 7.78. The van der Waals surface area contributed by atoms with Gasteiger partial charge >= 0.3 is 0 Å². The largest absolute Gasteiger partial charge is 0.361 e. The molecule has 0 N–H and O–H groups in total. The fraction of sp³-hybridized carbons (Fsp3) is 0.429. The summed E-state index contributed by atoms with van der Waals surface area (Å²) < 4.78 is 4.74. The van der Waals surface area contributed by atoms with Gasteiger partial charge in [0, 0.05) is 20.2 Å². The van der Waals surface area contributed by atoms with Crippen molar-refractivity contribution in [3.63, 3.8) is 0 Å². The molecule has 0 aromatic carbocycles. The monoisotopic (exact) mass is 154 g/mol. The number of carbonyl (C=O) groups is 1. The minimum absolute atomic E-state index is 0.137. The van der Waals surface area contributed by atoms with Gasteiger partial charge in [-0.15, -0.1) is 0 Å². The highest BCUT2D eigenvalue weighted by atomic mass is 16.5. The first-order valence-corrected chi connectivity index (χ1v) is 3.26. The number of aromatic nitrogens is 1. The molecule has 0 aliphatic carbocycles. The van der Waals surface area contributed by atoms with Crippen LogP contribution in [0.5, 0.6) is 0 Å². The number of carbonyl (C=O) groups excluding carboxylic acids is 1. The van der Waals surface area contributed by atoms with Crippen LogP contribution in [0.25, 0.3) is 0 Å². The van der Waals surface area contributed by atoms with Crippen LogP contribution in [0, 0.1) is 6.92 Å². The summed E-state index contributed by atoms with van der Waals surface area (Å²) in [5, 5.41) is 3.57. The molecule has 4 heteroatoms. The molecule has 1 amide bonds. The minimum Gasteiger partial charge on any atom is -0.361 e. The number of hydrogen-bond donors (Lipinski definition) is 0. The van der Waals surface area contributed by atoms with Gasteiger partial charge in [-0.2, -0.15) is 0 Å². The van der Waals surface area contributed by atoms with Crippen LogP contribution in [-0.2, 0) is 0 Å². The van der Waals surface area contributed by atoms with Crippen LogP contribution in [0.2, 0.25) is 0 Å². The molecular weight excluding hydrogens is 144 g/mol. The number of hydrogen-bond acceptors (Lipinski definition) is 3. The maximum absolute atomic E-state index is 11.2. The van der Waals surface area contributed by atoms with E-state index in [2.05, 4.69) is 5.16 Å². The lowest BCUT2D eigenvalue weighted by atomic mass is 10.3. The second-order valence-electron chi connectivity index (χ2n) is 2.52. The molecule has 0 aliphatic heterocycles. The molecule has 0 fully saturated rings. The van der Waals surface area contributed by atoms with Crippen LogP contribution in [0.4, 0.5) is 0 Å². The van der Waals surface area contributed by atoms with Gasteiger partial charge in [0.1, 0.15) is 5.76 Å². The third-order valence-corrected chi connectivity index (χ3v) is 1.25. The van der Waals surface area contributed by atoms with Gasteiger partial charge in [0.15, 0.2) is 5.69 Å². The van der Waals surface area contributed by atoms with Crippen molar-refractivity contribution < 1.29 is 9.32 Å². The Morgan fingerprint density at radius 1 is 1.64 bits per heavy atom. The van der Waals surface area contributed by atoms with Crippen molar-refractivity contribution in [1.29, 1.82) is 0 Å². The average molecular weight is 154 g/mol. The molecule has 1 rings (SSSR count). The van der Waals surface area contributed by atoms with Crippen molar-refractivity contribution in [1.82, 2.24) is 10.1 Å². The summed E-state index contributed by atoms with van der Waals surface area (Å²) in [6, 6.07) is 1.61. The second-order valence-corrected chi connectivity index (χ2v) is 2.52. The van der Waals surface area contributed by atoms with E-state index in [1.54, 1.807) is 27.1 Å². The Morgan fingerprint density at radius 3 is 2.64 bits per heavy atom. The van der Waals surface area contributed by atoms with E-state index in [0.29, 0.717) is 11.5 Å². The molecule has 1 heterocycles. The van der Waals surface area contributed by atoms with Gasteiger partial charge in [-0.1, -0.05) is 5.16 Å². The third kappa shape index (κ3) is 1.58. The van der Waals surface area contributed by atoms with E-state index in [1.165, 1.54) is 4.90 Å². The van der Waals surface area contributed by atoms with Gasteiger partial charge in [0.2, 0.25) is 0 Å². The van der Waals surface area contributed by atoms with E-state index in [9.17, 15) is 4.79 Å². The van der Waals surface area contributed by atoms with Gasteiger partial charge in [-0.3, -0.25) is 4.79 Å². The van der Waals surface area contributed by atoms with Crippen molar-refractivity contribution in [3.8, 4) is 0 Å². The zero-order valence-corrected chi connectivity index (χ0v) is 6.79. The third-order valence-electron chi connectivity index (χ3n) is 1.25. The van der Waals surface area contributed by atoms with E-state index >= 15 is 0 Å². The summed E-state index contributed by atoms with van der Waals surface area (Å²) >= 11 is 0. The topological polar surface area (TPSA) is 46.3 Å². The fourth-order valence-electron chi connectivity index (χ4n) is 0.696. The number of rotatable bonds is 1. The van der Waals surface area contributed by atoms with Gasteiger partial charge < -0.3 is 9.42 Å². The Hall–Kier alpha value is -1.32. The summed E-state index contributed by atoms with van der Waals surface area (Å²) in [5.41, 5.74) is 0.354. The van der Waals surface area contributed by atoms with Crippen LogP contribution in [0.3, 0.4) is 0 Å². The molecule has 1 aromatic rings. The van der Waals surface area contributed by atoms with Crippen molar-refractivity contribution in [3.05, 3.63) is 17.5 Å². The Balaban J connectivity index is 2.85. The molecule has 0 atom stereocenters. The lowest BCUT2D eigenvalue weighted by Gasteiger charge is -2.05. The molecule has 0 radical (unpaired) electrons. The maximum Gasteiger partial charge on any atom is 0.275 e. The molecule has 0 saturated carbocycles. The SMILES string of the molecule is Cc1cc(C(=O)N(C)C)no1. The summed E-state index contributed by atoms with van der Waals surface area (Å²) in [6.45, 7) is 1.75. The molecule has 1 aromatic heterocycles. The maximum atomic E-state index is 11.2. The first-order chi connectivity index (χ1) is 5.11. The van der Waals surface area contributed by atoms with Crippen LogP contribution in [0.1, 0.15) is 16.2 Å². The zero-order chi connectivity index (χ0) is 8.43. The van der Waals surface area contributed by atoms with E-state index in [4.69, 9.17) is 4.52 Å². The molecular formula is C7H10N2O2. The van der Waals surface area contributed by atoms with Gasteiger partial charge in [-0.25, -0.2) is 0 Å². The van der Waals surface area contributed by atoms with Gasteiger partial charge in [-0.05, 0) is 6.92 Å². The number of nitrogens with zero attached hydrogens (tertiary/aromatic N) is 2. The summed E-state index contributed by atoms with van der Waals surface area (Å²) in [7, 11) is 3.35. The van der Waals surface area contributed by atoms with Gasteiger partial charge in [0.05, 0.1) is 0 Å². The molecule has 0 unspecified atom stereocenters. The Morgan fingerprint density at radius 2 is 2.27 bits per heavy atom. The molecule has 4 nitrogen and oxygen atoms in total. The predicted molar refractivity (Wildman–Crippen MR) is 39.3 cm³/mol. The van der Waals surface area contributed by atoms with E-state index in [-0.39, 0.29) is 5.91 Å². The summed E-state index contributed by atoms with van der Waals surface area (Å²) in [5.74, 6) is 0.511. The summed E-state index contributed by atoms with van der Waals surface area (Å²) in [6.07, 6.45) is 0. The lowest BCUT2D eigenvalue weighted by molar-refractivity contribution is 0.0817. The van der Waals surface area contributed by atoms with E-state index in [1.807, 2.05) is 0 Å². The fourth-order valence-corrected chi connectivity index (χ4v) is 0.696. The van der Waals surface area contributed by atoms with E-state index < -0.39 is 0 Å². The van der Waals surface area contributed by atoms with Crippen LogP contribution < -0.4 is 0 Å². The molecule has 0 spiro atoms. The summed E-state index contributed by atoms with van der Waals surface area (Å²) in [4.78, 5) is 12.6. The molecule has 0 aliphatic rings. The normalized spacial score (nSPS) is 9.73. The van der Waals surface area contributed by atoms with Crippen molar-refractivity contribution in [2.75, 3.05) is 14.1 Å². The average Bonchev–Trinajstić information content (AvgIpc) is 2.34. The highest BCUT2D eigenvalue weighted by molar-refractivity contribution is 5.91. The van der Waals surface area contributed by atoms with E-state index in [0.717, 1.165) is 0 Å². The number of amides is 1. The van der Waals surface area contributed by atoms with Crippen molar-refractivity contribution in [2.24, 2.45) is 0 Å². The van der Waals surface area contributed by atoms with Crippen molar-refractivity contribution in [2.45, 2.75) is 6.92 Å². The lowest BCUT2D eigenvalue weighted by Crippen LogP contribution is -2.21. The molecule has 0 saturated heterocycles. The highest BCUT2D eigenvalue weighted by Gasteiger charge is 2.11. The second kappa shape index (κ2) is 2.74. The molecule has 0 bridgehead atoms. The van der Waals surface area contributed by atoms with Crippen LogP contribution in [-0.4, -0.2) is 30.1 Å².